The molecule has 5 nitrogen and oxygen atoms in total. The van der Waals surface area contributed by atoms with Gasteiger partial charge in [0.1, 0.15) is 11.9 Å². The SMILES string of the molecule is COC(=O)CC[C@@H](C)C1CCC2C3CC[C@@H]4C[C@H](OC(C)=O)CC[C@]4(C)C3CC(=O)[C@@]21C. The molecule has 0 aromatic rings. The van der Waals surface area contributed by atoms with Crippen LogP contribution in [0.25, 0.3) is 0 Å². The smallest absolute Gasteiger partial charge is 0.305 e. The van der Waals surface area contributed by atoms with Crippen molar-refractivity contribution in [1.82, 2.24) is 0 Å². The van der Waals surface area contributed by atoms with Crippen molar-refractivity contribution in [3.63, 3.8) is 0 Å². The van der Waals surface area contributed by atoms with Gasteiger partial charge in [-0.1, -0.05) is 20.8 Å². The highest BCUT2D eigenvalue weighted by Crippen LogP contribution is 2.67. The number of carbonyl (C=O) groups is 3. The van der Waals surface area contributed by atoms with Crippen LogP contribution in [0.5, 0.6) is 0 Å². The van der Waals surface area contributed by atoms with Gasteiger partial charge < -0.3 is 9.47 Å². The van der Waals surface area contributed by atoms with Crippen molar-refractivity contribution in [2.45, 2.75) is 98.0 Å². The van der Waals surface area contributed by atoms with Gasteiger partial charge in [0, 0.05) is 25.2 Å². The van der Waals surface area contributed by atoms with Gasteiger partial charge in [0.05, 0.1) is 7.11 Å². The molecule has 32 heavy (non-hydrogen) atoms. The molecule has 0 N–H and O–H groups in total. The number of Topliss-reactive ketones (excluding diaryl/α,β-unsaturated/α-hetero) is 1. The van der Waals surface area contributed by atoms with Gasteiger partial charge in [0.2, 0.25) is 0 Å². The van der Waals surface area contributed by atoms with Gasteiger partial charge in [-0.15, -0.1) is 0 Å². The third-order valence-corrected chi connectivity index (χ3v) is 10.6. The van der Waals surface area contributed by atoms with Crippen LogP contribution >= 0.6 is 0 Å². The first-order chi connectivity index (χ1) is 15.1. The zero-order valence-electron chi connectivity index (χ0n) is 20.7. The van der Waals surface area contributed by atoms with Gasteiger partial charge in [-0.05, 0) is 92.3 Å². The minimum absolute atomic E-state index is 0.0539. The van der Waals surface area contributed by atoms with Crippen LogP contribution in [0.2, 0.25) is 0 Å². The second-order valence-electron chi connectivity index (χ2n) is 11.8. The van der Waals surface area contributed by atoms with Gasteiger partial charge in [-0.2, -0.15) is 0 Å². The van der Waals surface area contributed by atoms with Crippen LogP contribution in [0.3, 0.4) is 0 Å². The molecule has 0 aromatic carbocycles. The highest BCUT2D eigenvalue weighted by Gasteiger charge is 2.64. The summed E-state index contributed by atoms with van der Waals surface area (Å²) in [6.45, 7) is 8.43. The summed E-state index contributed by atoms with van der Waals surface area (Å²) in [5, 5.41) is 0. The van der Waals surface area contributed by atoms with Crippen LogP contribution in [-0.2, 0) is 23.9 Å². The van der Waals surface area contributed by atoms with E-state index >= 15 is 0 Å². The van der Waals surface area contributed by atoms with Gasteiger partial charge in [-0.25, -0.2) is 0 Å². The number of ketones is 1. The zero-order valence-corrected chi connectivity index (χ0v) is 20.7. The number of hydrogen-bond acceptors (Lipinski definition) is 5. The Balaban J connectivity index is 1.50. The molecular weight excluding hydrogens is 404 g/mol. The van der Waals surface area contributed by atoms with Crippen LogP contribution in [-0.4, -0.2) is 30.9 Å². The number of fused-ring (bicyclic) bond motifs is 5. The maximum Gasteiger partial charge on any atom is 0.305 e. The predicted molar refractivity (Wildman–Crippen MR) is 122 cm³/mol. The van der Waals surface area contributed by atoms with E-state index in [1.54, 1.807) is 0 Å². The van der Waals surface area contributed by atoms with E-state index in [1.165, 1.54) is 26.9 Å². The Bertz CT molecular complexity index is 761. The zero-order chi connectivity index (χ0) is 23.3. The lowest BCUT2D eigenvalue weighted by Crippen LogP contribution is -2.57. The Morgan fingerprint density at radius 1 is 1.09 bits per heavy atom. The summed E-state index contributed by atoms with van der Waals surface area (Å²) in [6.07, 6.45) is 9.61. The number of rotatable bonds is 5. The summed E-state index contributed by atoms with van der Waals surface area (Å²) in [5.41, 5.74) is -0.0556. The van der Waals surface area contributed by atoms with E-state index < -0.39 is 0 Å². The molecule has 0 bridgehead atoms. The minimum Gasteiger partial charge on any atom is -0.469 e. The first-order valence-corrected chi connectivity index (χ1v) is 12.9. The topological polar surface area (TPSA) is 69.7 Å². The number of methoxy groups -OCH3 is 1. The van der Waals surface area contributed by atoms with E-state index in [2.05, 4.69) is 20.8 Å². The summed E-state index contributed by atoms with van der Waals surface area (Å²) in [7, 11) is 1.45. The summed E-state index contributed by atoms with van der Waals surface area (Å²) in [4.78, 5) is 37.0. The highest BCUT2D eigenvalue weighted by atomic mass is 16.5. The molecule has 5 heteroatoms. The Kier molecular flexibility index (Phi) is 6.50. The molecule has 0 aromatic heterocycles. The van der Waals surface area contributed by atoms with Crippen LogP contribution in [0, 0.1) is 46.3 Å². The van der Waals surface area contributed by atoms with Gasteiger partial charge in [0.15, 0.2) is 0 Å². The van der Waals surface area contributed by atoms with Crippen LogP contribution in [0.1, 0.15) is 91.9 Å². The first kappa shape index (κ1) is 23.8. The van der Waals surface area contributed by atoms with Crippen molar-refractivity contribution in [2.24, 2.45) is 46.3 Å². The molecule has 0 amide bonds. The summed E-state index contributed by atoms with van der Waals surface area (Å²) in [6, 6.07) is 0. The number of ether oxygens (including phenoxy) is 2. The fraction of sp³-hybridized carbons (Fsp3) is 0.889. The molecule has 4 unspecified atom stereocenters. The maximum atomic E-state index is 13.8. The molecule has 4 aliphatic carbocycles. The average Bonchev–Trinajstić information content (AvgIpc) is 3.11. The van der Waals surface area contributed by atoms with Crippen molar-refractivity contribution >= 4 is 17.7 Å². The third-order valence-electron chi connectivity index (χ3n) is 10.6. The number of esters is 2. The molecular formula is C27H42O5. The second-order valence-corrected chi connectivity index (χ2v) is 11.8. The van der Waals surface area contributed by atoms with Crippen molar-refractivity contribution in [3.8, 4) is 0 Å². The van der Waals surface area contributed by atoms with Crippen LogP contribution < -0.4 is 0 Å². The lowest BCUT2D eigenvalue weighted by atomic mass is 9.44. The van der Waals surface area contributed by atoms with E-state index in [1.807, 2.05) is 0 Å². The maximum absolute atomic E-state index is 13.8. The molecule has 9 atom stereocenters. The van der Waals surface area contributed by atoms with Crippen LogP contribution in [0.4, 0.5) is 0 Å². The second kappa shape index (κ2) is 8.76. The van der Waals surface area contributed by atoms with E-state index in [4.69, 9.17) is 9.47 Å². The highest BCUT2D eigenvalue weighted by molar-refractivity contribution is 5.87. The molecule has 0 spiro atoms. The largest absolute Gasteiger partial charge is 0.469 e. The lowest BCUT2D eigenvalue weighted by Gasteiger charge is -2.60. The number of carbonyl (C=O) groups excluding carboxylic acids is 3. The molecule has 0 saturated heterocycles. The van der Waals surface area contributed by atoms with E-state index in [0.29, 0.717) is 54.1 Å². The molecule has 4 fully saturated rings. The third kappa shape index (κ3) is 3.81. The number of hydrogen-bond donors (Lipinski definition) is 0. The normalized spacial score (nSPS) is 44.1. The lowest BCUT2D eigenvalue weighted by molar-refractivity contribution is -0.167. The fourth-order valence-electron chi connectivity index (χ4n) is 8.86. The molecule has 4 aliphatic rings. The molecule has 0 aliphatic heterocycles. The fourth-order valence-corrected chi connectivity index (χ4v) is 8.86. The summed E-state index contributed by atoms with van der Waals surface area (Å²) >= 11 is 0. The van der Waals surface area contributed by atoms with Crippen molar-refractivity contribution in [2.75, 3.05) is 7.11 Å². The molecule has 4 saturated carbocycles. The first-order valence-electron chi connectivity index (χ1n) is 12.9. The summed E-state index contributed by atoms with van der Waals surface area (Å²) < 4.78 is 10.4. The van der Waals surface area contributed by atoms with E-state index in [0.717, 1.165) is 38.5 Å². The van der Waals surface area contributed by atoms with Crippen molar-refractivity contribution in [3.05, 3.63) is 0 Å². The Morgan fingerprint density at radius 2 is 1.84 bits per heavy atom. The van der Waals surface area contributed by atoms with Gasteiger partial charge in [0.25, 0.3) is 0 Å². The predicted octanol–water partition coefficient (Wildman–Crippen LogP) is 5.35. The molecule has 180 valence electrons. The van der Waals surface area contributed by atoms with Gasteiger partial charge in [-0.3, -0.25) is 14.4 Å². The quantitative estimate of drug-likeness (QED) is 0.533. The van der Waals surface area contributed by atoms with E-state index in [-0.39, 0.29) is 28.9 Å². The standard InChI is InChI=1S/C27H42O5/c1-16(6-11-25(30)31-5)21-9-10-22-20-8-7-18-14-19(32-17(2)28)12-13-26(18,3)23(20)15-24(29)27(21,22)4/h16,18-23H,6-15H2,1-5H3/t16-,18-,19-,20?,21?,22?,23?,26+,27-/m1/s1. The Labute approximate surface area is 193 Å². The molecule has 0 heterocycles. The minimum atomic E-state index is -0.241. The molecule has 4 rings (SSSR count). The van der Waals surface area contributed by atoms with Gasteiger partial charge >= 0.3 is 11.9 Å². The Hall–Kier alpha value is -1.39. The van der Waals surface area contributed by atoms with Crippen molar-refractivity contribution < 1.29 is 23.9 Å². The average molecular weight is 447 g/mol. The molecule has 0 radical (unpaired) electrons. The van der Waals surface area contributed by atoms with E-state index in [9.17, 15) is 14.4 Å². The monoisotopic (exact) mass is 446 g/mol. The van der Waals surface area contributed by atoms with Crippen molar-refractivity contribution in [1.29, 1.82) is 0 Å². The van der Waals surface area contributed by atoms with Crippen LogP contribution in [0.15, 0.2) is 0 Å². The summed E-state index contributed by atoms with van der Waals surface area (Å²) in [5.74, 6) is 3.00. The Morgan fingerprint density at radius 3 is 2.53 bits per heavy atom.